The number of carboxylic acid groups (broad SMARTS) is 1. The molecule has 0 bridgehead atoms. The average molecular weight is 600 g/mol. The Labute approximate surface area is 253 Å². The van der Waals surface area contributed by atoms with E-state index in [2.05, 4.69) is 44.8 Å². The number of halogens is 1. The van der Waals surface area contributed by atoms with Gasteiger partial charge in [-0.1, -0.05) is 11.6 Å². The fourth-order valence-electron chi connectivity index (χ4n) is 5.71. The number of aromatic carboxylic acids is 1. The summed E-state index contributed by atoms with van der Waals surface area (Å²) in [7, 11) is 4.11. The van der Waals surface area contributed by atoms with Gasteiger partial charge in [0.25, 0.3) is 0 Å². The highest BCUT2D eigenvalue weighted by Crippen LogP contribution is 2.33. The molecule has 0 radical (unpaired) electrons. The molecule has 1 N–H and O–H groups in total. The van der Waals surface area contributed by atoms with Crippen LogP contribution < -0.4 is 20.0 Å². The fourth-order valence-corrected chi connectivity index (χ4v) is 5.89. The number of fused-ring (bicyclic) bond motifs is 1. The minimum Gasteiger partial charge on any atom is -0.477 e. The zero-order chi connectivity index (χ0) is 30.2. The fraction of sp³-hybridized carbons (Fsp3) is 0.323. The van der Waals surface area contributed by atoms with Crippen molar-refractivity contribution >= 4 is 40.0 Å². The summed E-state index contributed by atoms with van der Waals surface area (Å²) in [6.07, 6.45) is 6.33. The third kappa shape index (κ3) is 5.35. The van der Waals surface area contributed by atoms with Crippen molar-refractivity contribution in [3.63, 3.8) is 0 Å². The van der Waals surface area contributed by atoms with Crippen molar-refractivity contribution in [1.82, 2.24) is 19.4 Å². The molecule has 2 saturated heterocycles. The van der Waals surface area contributed by atoms with E-state index in [9.17, 15) is 20.0 Å². The molecule has 0 aliphatic carbocycles. The van der Waals surface area contributed by atoms with Crippen LogP contribution in [-0.4, -0.2) is 82.9 Å². The standard InChI is InChI=1S/C31H30ClN7O4/c1-36(2)22-15-37(16-22)28-8-7-20(14-35-28)39-17-24(31(41)42)29(40)23-11-19(13-33)26(12-27(23)39)38-10-4-5-21(38)18-43-30-25(32)6-3-9-34-30/h3,6-9,11-12,14,17,21-22H,4-5,10,15-16,18H2,1-2H3,(H,41,42)/t21-/m1/s1. The lowest BCUT2D eigenvalue weighted by Crippen LogP contribution is -2.57. The number of ether oxygens (including phenoxy) is 1. The van der Waals surface area contributed by atoms with E-state index in [0.29, 0.717) is 47.0 Å². The number of hydrogen-bond acceptors (Lipinski definition) is 9. The second-order valence-electron chi connectivity index (χ2n) is 11.0. The Bertz CT molecular complexity index is 1800. The molecule has 1 aromatic carbocycles. The largest absolute Gasteiger partial charge is 0.477 e. The van der Waals surface area contributed by atoms with Crippen molar-refractivity contribution in [3.8, 4) is 17.6 Å². The number of hydrogen-bond donors (Lipinski definition) is 1. The third-order valence-electron chi connectivity index (χ3n) is 8.22. The van der Waals surface area contributed by atoms with Gasteiger partial charge in [-0.2, -0.15) is 5.26 Å². The van der Waals surface area contributed by atoms with E-state index in [1.165, 1.54) is 12.3 Å². The van der Waals surface area contributed by atoms with Gasteiger partial charge in [0.05, 0.1) is 34.7 Å². The quantitative estimate of drug-likeness (QED) is 0.319. The Morgan fingerprint density at radius 1 is 1.23 bits per heavy atom. The summed E-state index contributed by atoms with van der Waals surface area (Å²) in [6, 6.07) is 13.1. The van der Waals surface area contributed by atoms with Gasteiger partial charge in [0.1, 0.15) is 29.1 Å². The smallest absolute Gasteiger partial charge is 0.341 e. The molecule has 0 amide bonds. The van der Waals surface area contributed by atoms with Gasteiger partial charge in [0.15, 0.2) is 0 Å². The number of rotatable bonds is 8. The Hall–Kier alpha value is -4.66. The molecule has 2 aliphatic rings. The molecule has 2 fully saturated rings. The average Bonchev–Trinajstić information content (AvgIpc) is 3.44. The van der Waals surface area contributed by atoms with Crippen LogP contribution in [-0.2, 0) is 0 Å². The van der Waals surface area contributed by atoms with Gasteiger partial charge < -0.3 is 29.1 Å². The first-order valence-corrected chi connectivity index (χ1v) is 14.4. The molecule has 43 heavy (non-hydrogen) atoms. The molecule has 0 unspecified atom stereocenters. The number of likely N-dealkylation sites (N-methyl/N-ethyl adjacent to an activating group) is 1. The van der Waals surface area contributed by atoms with Crippen LogP contribution in [0, 0.1) is 11.3 Å². The van der Waals surface area contributed by atoms with E-state index >= 15 is 0 Å². The van der Waals surface area contributed by atoms with Gasteiger partial charge in [-0.15, -0.1) is 0 Å². The molecule has 12 heteroatoms. The zero-order valence-corrected chi connectivity index (χ0v) is 24.5. The molecule has 4 aromatic rings. The summed E-state index contributed by atoms with van der Waals surface area (Å²) < 4.78 is 7.61. The topological polar surface area (TPSA) is 128 Å². The molecule has 220 valence electrons. The second-order valence-corrected chi connectivity index (χ2v) is 11.4. The van der Waals surface area contributed by atoms with Crippen molar-refractivity contribution < 1.29 is 14.6 Å². The summed E-state index contributed by atoms with van der Waals surface area (Å²) >= 11 is 6.23. The Kier molecular flexibility index (Phi) is 7.64. The molecule has 11 nitrogen and oxygen atoms in total. The van der Waals surface area contributed by atoms with Crippen LogP contribution in [0.5, 0.6) is 5.88 Å². The first-order valence-electron chi connectivity index (χ1n) is 14.0. The van der Waals surface area contributed by atoms with Gasteiger partial charge in [0.2, 0.25) is 11.3 Å². The zero-order valence-electron chi connectivity index (χ0n) is 23.8. The molecule has 0 spiro atoms. The Morgan fingerprint density at radius 2 is 2.05 bits per heavy atom. The maximum Gasteiger partial charge on any atom is 0.341 e. The van der Waals surface area contributed by atoms with E-state index in [1.807, 2.05) is 12.1 Å². The van der Waals surface area contributed by atoms with Crippen LogP contribution in [0.25, 0.3) is 16.6 Å². The lowest BCUT2D eigenvalue weighted by molar-refractivity contribution is 0.0695. The Balaban J connectivity index is 1.39. The second kappa shape index (κ2) is 11.6. The number of carboxylic acids is 1. The molecular formula is C31H30ClN7O4. The van der Waals surface area contributed by atoms with Crippen molar-refractivity contribution in [2.45, 2.75) is 24.9 Å². The number of carbonyl (C=O) groups is 1. The van der Waals surface area contributed by atoms with E-state index in [0.717, 1.165) is 31.7 Å². The van der Waals surface area contributed by atoms with E-state index in [-0.39, 0.29) is 22.6 Å². The number of anilines is 2. The molecular weight excluding hydrogens is 570 g/mol. The predicted octanol–water partition coefficient (Wildman–Crippen LogP) is 3.80. The van der Waals surface area contributed by atoms with Crippen LogP contribution in [0.1, 0.15) is 28.8 Å². The predicted molar refractivity (Wildman–Crippen MR) is 164 cm³/mol. The monoisotopic (exact) mass is 599 g/mol. The summed E-state index contributed by atoms with van der Waals surface area (Å²) in [4.78, 5) is 40.7. The number of benzene rings is 1. The highest BCUT2D eigenvalue weighted by atomic mass is 35.5. The van der Waals surface area contributed by atoms with Gasteiger partial charge in [0, 0.05) is 43.5 Å². The van der Waals surface area contributed by atoms with Gasteiger partial charge in [-0.3, -0.25) is 4.79 Å². The van der Waals surface area contributed by atoms with Crippen LogP contribution in [0.4, 0.5) is 11.5 Å². The molecule has 1 atom stereocenters. The van der Waals surface area contributed by atoms with Gasteiger partial charge in [-0.05, 0) is 63.3 Å². The van der Waals surface area contributed by atoms with Gasteiger partial charge >= 0.3 is 5.97 Å². The van der Waals surface area contributed by atoms with Crippen LogP contribution >= 0.6 is 11.6 Å². The van der Waals surface area contributed by atoms with Crippen molar-refractivity contribution in [2.75, 3.05) is 50.1 Å². The summed E-state index contributed by atoms with van der Waals surface area (Å²) in [6.45, 7) is 2.73. The summed E-state index contributed by atoms with van der Waals surface area (Å²) in [5.41, 5.74) is 0.974. The maximum atomic E-state index is 13.3. The van der Waals surface area contributed by atoms with E-state index < -0.39 is 11.4 Å². The minimum absolute atomic E-state index is 0.0652. The first kappa shape index (κ1) is 28.5. The van der Waals surface area contributed by atoms with Crippen molar-refractivity contribution in [1.29, 1.82) is 5.26 Å². The van der Waals surface area contributed by atoms with Crippen molar-refractivity contribution in [3.05, 3.63) is 81.4 Å². The van der Waals surface area contributed by atoms with E-state index in [4.69, 9.17) is 16.3 Å². The maximum absolute atomic E-state index is 13.3. The number of nitriles is 1. The molecule has 2 aliphatic heterocycles. The van der Waals surface area contributed by atoms with Crippen LogP contribution in [0.2, 0.25) is 5.02 Å². The van der Waals surface area contributed by atoms with Crippen molar-refractivity contribution in [2.24, 2.45) is 0 Å². The first-order chi connectivity index (χ1) is 20.7. The number of pyridine rings is 3. The van der Waals surface area contributed by atoms with Crippen LogP contribution in [0.15, 0.2) is 59.8 Å². The number of nitrogens with zero attached hydrogens (tertiary/aromatic N) is 7. The SMILES string of the molecule is CN(C)C1CN(c2ccc(-n3cc(C(=O)O)c(=O)c4cc(C#N)c(N5CCC[C@@H]5COc5ncccc5Cl)cc43)cn2)C1. The summed E-state index contributed by atoms with van der Waals surface area (Å²) in [5, 5.41) is 20.5. The number of aromatic nitrogens is 3. The lowest BCUT2D eigenvalue weighted by atomic mass is 10.0. The van der Waals surface area contributed by atoms with Crippen LogP contribution in [0.3, 0.4) is 0 Å². The highest BCUT2D eigenvalue weighted by Gasteiger charge is 2.30. The molecule has 5 heterocycles. The molecule has 6 rings (SSSR count). The Morgan fingerprint density at radius 3 is 2.72 bits per heavy atom. The minimum atomic E-state index is -1.34. The third-order valence-corrected chi connectivity index (χ3v) is 8.51. The van der Waals surface area contributed by atoms with Gasteiger partial charge in [-0.25, -0.2) is 14.8 Å². The highest BCUT2D eigenvalue weighted by molar-refractivity contribution is 6.31. The lowest BCUT2D eigenvalue weighted by Gasteiger charge is -2.43. The molecule has 3 aromatic heterocycles. The normalized spacial score (nSPS) is 16.9. The molecule has 0 saturated carbocycles. The summed E-state index contributed by atoms with van der Waals surface area (Å²) in [5.74, 6) is -0.171. The van der Waals surface area contributed by atoms with E-state index in [1.54, 1.807) is 35.2 Å².